The van der Waals surface area contributed by atoms with Crippen LogP contribution in [0, 0.1) is 0 Å². The topological polar surface area (TPSA) is 95.9 Å². The maximum Gasteiger partial charge on any atom is 0.305 e. The van der Waals surface area contributed by atoms with Crippen molar-refractivity contribution in [2.24, 2.45) is 0 Å². The van der Waals surface area contributed by atoms with Gasteiger partial charge in [-0.1, -0.05) is 185 Å². The van der Waals surface area contributed by atoms with Gasteiger partial charge in [0.2, 0.25) is 5.91 Å². The molecule has 6 nitrogen and oxygen atoms in total. The molecule has 0 fully saturated rings. The SMILES string of the molecule is CCCCC/C=C\CCCCCCCC(=O)OCCCCCCCCCCC/C=C\CCCCCCCC(=O)NC(CO)C(O)/C=C/CCCCCCCCC. The highest BCUT2D eigenvalue weighted by molar-refractivity contribution is 5.76. The van der Waals surface area contributed by atoms with Crippen LogP contribution in [0.5, 0.6) is 0 Å². The number of aliphatic hydroxyl groups is 2. The molecule has 0 aliphatic carbocycles. The summed E-state index contributed by atoms with van der Waals surface area (Å²) in [6.07, 6.45) is 54.3. The molecule has 0 saturated heterocycles. The third-order valence-electron chi connectivity index (χ3n) is 10.9. The monoisotopic (exact) mass is 788 g/mol. The summed E-state index contributed by atoms with van der Waals surface area (Å²) in [7, 11) is 0. The molecule has 0 aromatic rings. The molecule has 0 radical (unpaired) electrons. The minimum atomic E-state index is -0.850. The first kappa shape index (κ1) is 54.1. The summed E-state index contributed by atoms with van der Waals surface area (Å²) in [5, 5.41) is 22.9. The van der Waals surface area contributed by atoms with Crippen LogP contribution < -0.4 is 5.32 Å². The highest BCUT2D eigenvalue weighted by Crippen LogP contribution is 2.14. The molecule has 2 atom stereocenters. The standard InChI is InChI=1S/C50H93NO5/c1-3-5-7-9-11-13-14-24-28-32-36-40-44-50(55)56-45-41-37-33-29-25-22-20-18-16-15-17-19-21-23-27-31-35-39-43-49(54)51-47(46-52)48(53)42-38-34-30-26-12-10-8-6-4-2/h11,13,17,19,38,42,47-48,52-53H,3-10,12,14-16,18,20-37,39-41,43-46H2,1-2H3,(H,51,54)/b13-11-,19-17-,42-38+. The predicted molar refractivity (Wildman–Crippen MR) is 241 cm³/mol. The van der Waals surface area contributed by atoms with Gasteiger partial charge < -0.3 is 20.3 Å². The molecule has 56 heavy (non-hydrogen) atoms. The number of aliphatic hydroxyl groups excluding tert-OH is 2. The number of ether oxygens (including phenoxy) is 1. The largest absolute Gasteiger partial charge is 0.466 e. The number of rotatable bonds is 44. The van der Waals surface area contributed by atoms with Gasteiger partial charge in [0.1, 0.15) is 0 Å². The van der Waals surface area contributed by atoms with Crippen LogP contribution >= 0.6 is 0 Å². The number of carbonyl (C=O) groups is 2. The molecular weight excluding hydrogens is 695 g/mol. The summed E-state index contributed by atoms with van der Waals surface area (Å²) in [6.45, 7) is 4.82. The second-order valence-electron chi connectivity index (χ2n) is 16.4. The Balaban J connectivity index is 3.47. The van der Waals surface area contributed by atoms with E-state index in [0.717, 1.165) is 64.2 Å². The Morgan fingerprint density at radius 3 is 1.30 bits per heavy atom. The van der Waals surface area contributed by atoms with Crippen molar-refractivity contribution in [2.75, 3.05) is 13.2 Å². The minimum Gasteiger partial charge on any atom is -0.466 e. The van der Waals surface area contributed by atoms with Crippen molar-refractivity contribution in [2.45, 2.75) is 257 Å². The van der Waals surface area contributed by atoms with Crippen molar-refractivity contribution in [1.29, 1.82) is 0 Å². The lowest BCUT2D eigenvalue weighted by Gasteiger charge is -2.20. The number of hydrogen-bond donors (Lipinski definition) is 3. The van der Waals surface area contributed by atoms with Crippen molar-refractivity contribution in [3.05, 3.63) is 36.5 Å². The molecule has 0 aromatic heterocycles. The van der Waals surface area contributed by atoms with Crippen molar-refractivity contribution < 1.29 is 24.5 Å². The second-order valence-corrected chi connectivity index (χ2v) is 16.4. The molecule has 0 bridgehead atoms. The molecule has 0 rings (SSSR count). The Labute approximate surface area is 347 Å². The summed E-state index contributed by atoms with van der Waals surface area (Å²) in [5.41, 5.74) is 0. The van der Waals surface area contributed by atoms with Gasteiger partial charge in [0.05, 0.1) is 25.4 Å². The normalized spacial score (nSPS) is 13.0. The average molecular weight is 788 g/mol. The lowest BCUT2D eigenvalue weighted by Crippen LogP contribution is -2.45. The van der Waals surface area contributed by atoms with Gasteiger partial charge in [-0.25, -0.2) is 0 Å². The fraction of sp³-hybridized carbons (Fsp3) is 0.840. The van der Waals surface area contributed by atoms with Gasteiger partial charge >= 0.3 is 5.97 Å². The quantitative estimate of drug-likeness (QED) is 0.0325. The van der Waals surface area contributed by atoms with Crippen LogP contribution in [-0.4, -0.2) is 47.4 Å². The number of hydrogen-bond acceptors (Lipinski definition) is 5. The fourth-order valence-electron chi connectivity index (χ4n) is 7.09. The van der Waals surface area contributed by atoms with Crippen LogP contribution in [0.2, 0.25) is 0 Å². The van der Waals surface area contributed by atoms with Crippen molar-refractivity contribution >= 4 is 11.9 Å². The van der Waals surface area contributed by atoms with Gasteiger partial charge in [0.25, 0.3) is 0 Å². The van der Waals surface area contributed by atoms with E-state index in [1.807, 2.05) is 6.08 Å². The zero-order chi connectivity index (χ0) is 40.8. The van der Waals surface area contributed by atoms with E-state index in [9.17, 15) is 19.8 Å². The van der Waals surface area contributed by atoms with Gasteiger partial charge in [0, 0.05) is 12.8 Å². The number of unbranched alkanes of at least 4 members (excludes halogenated alkanes) is 29. The van der Waals surface area contributed by atoms with Gasteiger partial charge in [-0.05, 0) is 83.5 Å². The molecule has 0 saturated carbocycles. The Hall–Kier alpha value is -1.92. The highest BCUT2D eigenvalue weighted by Gasteiger charge is 2.18. The molecule has 0 spiro atoms. The maximum absolute atomic E-state index is 12.3. The summed E-state index contributed by atoms with van der Waals surface area (Å²) < 4.78 is 5.44. The minimum absolute atomic E-state index is 0.00918. The van der Waals surface area contributed by atoms with E-state index < -0.39 is 12.1 Å². The first-order chi connectivity index (χ1) is 27.5. The number of nitrogens with one attached hydrogen (secondary N) is 1. The molecule has 2 unspecified atom stereocenters. The lowest BCUT2D eigenvalue weighted by molar-refractivity contribution is -0.143. The third kappa shape index (κ3) is 41.7. The zero-order valence-corrected chi connectivity index (χ0v) is 37.1. The van der Waals surface area contributed by atoms with Gasteiger partial charge in [-0.2, -0.15) is 0 Å². The van der Waals surface area contributed by atoms with Crippen molar-refractivity contribution in [3.63, 3.8) is 0 Å². The van der Waals surface area contributed by atoms with E-state index in [1.165, 1.54) is 154 Å². The van der Waals surface area contributed by atoms with Crippen LogP contribution in [0.25, 0.3) is 0 Å². The molecule has 0 aliphatic rings. The molecule has 0 aromatic carbocycles. The van der Waals surface area contributed by atoms with E-state index in [-0.39, 0.29) is 18.5 Å². The summed E-state index contributed by atoms with van der Waals surface area (Å²) in [4.78, 5) is 24.3. The molecule has 1 amide bonds. The van der Waals surface area contributed by atoms with Crippen LogP contribution in [0.1, 0.15) is 245 Å². The van der Waals surface area contributed by atoms with Crippen LogP contribution in [0.3, 0.4) is 0 Å². The van der Waals surface area contributed by atoms with Crippen molar-refractivity contribution in [3.8, 4) is 0 Å². The lowest BCUT2D eigenvalue weighted by atomic mass is 10.1. The fourth-order valence-corrected chi connectivity index (χ4v) is 7.09. The van der Waals surface area contributed by atoms with Crippen LogP contribution in [-0.2, 0) is 14.3 Å². The van der Waals surface area contributed by atoms with E-state index in [4.69, 9.17) is 4.74 Å². The third-order valence-corrected chi connectivity index (χ3v) is 10.9. The molecular formula is C50H93NO5. The predicted octanol–water partition coefficient (Wildman–Crippen LogP) is 14.1. The second kappa shape index (κ2) is 45.8. The molecule has 6 heteroatoms. The highest BCUT2D eigenvalue weighted by atomic mass is 16.5. The van der Waals surface area contributed by atoms with E-state index >= 15 is 0 Å². The van der Waals surface area contributed by atoms with Gasteiger partial charge in [-0.3, -0.25) is 9.59 Å². The van der Waals surface area contributed by atoms with Crippen molar-refractivity contribution in [1.82, 2.24) is 5.32 Å². The summed E-state index contributed by atoms with van der Waals surface area (Å²) in [6, 6.07) is -0.636. The Bertz CT molecular complexity index is 915. The molecule has 328 valence electrons. The van der Waals surface area contributed by atoms with Gasteiger partial charge in [0.15, 0.2) is 0 Å². The molecule has 0 aliphatic heterocycles. The van der Waals surface area contributed by atoms with E-state index in [1.54, 1.807) is 6.08 Å². The van der Waals surface area contributed by atoms with Gasteiger partial charge in [-0.15, -0.1) is 0 Å². The molecule has 3 N–H and O–H groups in total. The Morgan fingerprint density at radius 1 is 0.482 bits per heavy atom. The average Bonchev–Trinajstić information content (AvgIpc) is 3.20. The van der Waals surface area contributed by atoms with Crippen LogP contribution in [0.15, 0.2) is 36.5 Å². The van der Waals surface area contributed by atoms with E-state index in [0.29, 0.717) is 19.4 Å². The number of amides is 1. The number of esters is 1. The maximum atomic E-state index is 12.3. The number of allylic oxidation sites excluding steroid dienone is 5. The van der Waals surface area contributed by atoms with E-state index in [2.05, 4.69) is 43.5 Å². The molecule has 0 heterocycles. The smallest absolute Gasteiger partial charge is 0.305 e. The Morgan fingerprint density at radius 2 is 0.839 bits per heavy atom. The summed E-state index contributed by atoms with van der Waals surface area (Å²) >= 11 is 0. The first-order valence-corrected chi connectivity index (χ1v) is 24.3. The zero-order valence-electron chi connectivity index (χ0n) is 37.1. The Kier molecular flexibility index (Phi) is 44.2. The number of carbonyl (C=O) groups excluding carboxylic acids is 2. The summed E-state index contributed by atoms with van der Waals surface area (Å²) in [5.74, 6) is -0.0957. The first-order valence-electron chi connectivity index (χ1n) is 24.3. The van der Waals surface area contributed by atoms with Crippen LogP contribution in [0.4, 0.5) is 0 Å².